The lowest BCUT2D eigenvalue weighted by atomic mass is 10.2. The van der Waals surface area contributed by atoms with E-state index in [-0.39, 0.29) is 11.9 Å². The summed E-state index contributed by atoms with van der Waals surface area (Å²) in [5.74, 6) is 0.351. The van der Waals surface area contributed by atoms with Crippen LogP contribution in [0.1, 0.15) is 28.2 Å². The van der Waals surface area contributed by atoms with Crippen LogP contribution in [0.3, 0.4) is 0 Å². The van der Waals surface area contributed by atoms with Crippen molar-refractivity contribution in [3.05, 3.63) is 17.0 Å². The third kappa shape index (κ3) is 4.68. The Morgan fingerprint density at radius 3 is 2.56 bits per heavy atom. The van der Waals surface area contributed by atoms with Gasteiger partial charge in [-0.25, -0.2) is 8.42 Å². The third-order valence-electron chi connectivity index (χ3n) is 5.27. The summed E-state index contributed by atoms with van der Waals surface area (Å²) in [6.07, 6.45) is 1.87. The number of carbonyl (C=O) groups is 1. The number of carbonyl (C=O) groups excluding carboxylic acids is 1. The molecule has 2 aliphatic heterocycles. The first-order valence-corrected chi connectivity index (χ1v) is 11.1. The fourth-order valence-electron chi connectivity index (χ4n) is 3.79. The van der Waals surface area contributed by atoms with E-state index in [1.54, 1.807) is 23.1 Å². The smallest absolute Gasteiger partial charge is 0.259 e. The van der Waals surface area contributed by atoms with Crippen molar-refractivity contribution in [2.24, 2.45) is 0 Å². The molecule has 1 atom stereocenters. The first-order valence-electron chi connectivity index (χ1n) is 9.26. The van der Waals surface area contributed by atoms with Crippen LogP contribution in [-0.4, -0.2) is 98.4 Å². The highest BCUT2D eigenvalue weighted by molar-refractivity contribution is 7.88. The van der Waals surface area contributed by atoms with Crippen LogP contribution in [0.4, 0.5) is 0 Å². The van der Waals surface area contributed by atoms with E-state index in [0.717, 1.165) is 13.1 Å². The molecule has 1 aromatic heterocycles. The summed E-state index contributed by atoms with van der Waals surface area (Å²) in [5, 5.41) is 3.84. The molecule has 1 amide bonds. The Morgan fingerprint density at radius 2 is 1.96 bits per heavy atom. The molecule has 0 N–H and O–H groups in total. The van der Waals surface area contributed by atoms with Gasteiger partial charge < -0.3 is 14.2 Å². The molecular weight excluding hydrogens is 372 g/mol. The molecule has 1 aromatic rings. The molecule has 10 heteroatoms. The predicted octanol–water partition coefficient (Wildman–Crippen LogP) is 0.0997. The molecular formula is C17H28N4O5S. The van der Waals surface area contributed by atoms with Gasteiger partial charge >= 0.3 is 0 Å². The van der Waals surface area contributed by atoms with E-state index in [9.17, 15) is 13.2 Å². The summed E-state index contributed by atoms with van der Waals surface area (Å²) >= 11 is 0. The molecule has 2 aliphatic rings. The molecule has 9 nitrogen and oxygen atoms in total. The van der Waals surface area contributed by atoms with Crippen molar-refractivity contribution in [1.82, 2.24) is 19.3 Å². The molecule has 3 heterocycles. The van der Waals surface area contributed by atoms with Crippen molar-refractivity contribution in [1.29, 1.82) is 0 Å². The van der Waals surface area contributed by atoms with Crippen LogP contribution in [0.2, 0.25) is 0 Å². The molecule has 27 heavy (non-hydrogen) atoms. The average Bonchev–Trinajstić information content (AvgIpc) is 3.22. The first-order chi connectivity index (χ1) is 12.8. The van der Waals surface area contributed by atoms with Gasteiger partial charge in [0.2, 0.25) is 10.0 Å². The van der Waals surface area contributed by atoms with Gasteiger partial charge in [0.15, 0.2) is 0 Å². The highest BCUT2D eigenvalue weighted by atomic mass is 32.2. The fourth-order valence-corrected chi connectivity index (χ4v) is 4.92. The highest BCUT2D eigenvalue weighted by Crippen LogP contribution is 2.23. The zero-order chi connectivity index (χ0) is 19.6. The molecule has 2 saturated heterocycles. The summed E-state index contributed by atoms with van der Waals surface area (Å²) in [6, 6.07) is -0.203. The number of hydrogen-bond acceptors (Lipinski definition) is 7. The minimum absolute atomic E-state index is 0.143. The number of rotatable bonds is 6. The largest absolute Gasteiger partial charge is 0.379 e. The number of likely N-dealkylation sites (tertiary alicyclic amines) is 1. The molecule has 0 bridgehead atoms. The Bertz CT molecular complexity index is 753. The standard InChI is InChI=1S/C17H28N4O5S/c1-13-16(14(2)26-18-13)17(22)20-5-4-15(12-20)21(27(3,23)24)7-6-19-8-10-25-11-9-19/h15H,4-12H2,1-3H3. The lowest BCUT2D eigenvalue weighted by Gasteiger charge is -2.31. The Balaban J connectivity index is 1.65. The highest BCUT2D eigenvalue weighted by Gasteiger charge is 2.36. The first kappa shape index (κ1) is 20.2. The van der Waals surface area contributed by atoms with Crippen molar-refractivity contribution in [3.8, 4) is 0 Å². The van der Waals surface area contributed by atoms with Crippen LogP contribution in [0.5, 0.6) is 0 Å². The topological polar surface area (TPSA) is 96.2 Å². The van der Waals surface area contributed by atoms with Crippen LogP contribution in [0.15, 0.2) is 4.52 Å². The Kier molecular flexibility index (Phi) is 6.19. The summed E-state index contributed by atoms with van der Waals surface area (Å²) < 4.78 is 36.7. The van der Waals surface area contributed by atoms with Crippen molar-refractivity contribution in [2.75, 3.05) is 58.7 Å². The normalized spacial score (nSPS) is 21.9. The van der Waals surface area contributed by atoms with Crippen LogP contribution in [0, 0.1) is 13.8 Å². The second-order valence-electron chi connectivity index (χ2n) is 7.22. The van der Waals surface area contributed by atoms with E-state index in [4.69, 9.17) is 9.26 Å². The monoisotopic (exact) mass is 400 g/mol. The van der Waals surface area contributed by atoms with Crippen molar-refractivity contribution in [3.63, 3.8) is 0 Å². The molecule has 0 radical (unpaired) electrons. The van der Waals surface area contributed by atoms with Gasteiger partial charge in [0.1, 0.15) is 11.3 Å². The molecule has 152 valence electrons. The Labute approximate surface area is 160 Å². The number of hydrogen-bond donors (Lipinski definition) is 0. The van der Waals surface area contributed by atoms with Crippen molar-refractivity contribution >= 4 is 15.9 Å². The molecule has 2 fully saturated rings. The van der Waals surface area contributed by atoms with Gasteiger partial charge in [0, 0.05) is 45.3 Å². The fraction of sp³-hybridized carbons (Fsp3) is 0.765. The molecule has 3 rings (SSSR count). The number of sulfonamides is 1. The maximum atomic E-state index is 12.8. The van der Waals surface area contributed by atoms with Gasteiger partial charge in [0.25, 0.3) is 5.91 Å². The van der Waals surface area contributed by atoms with Gasteiger partial charge in [-0.15, -0.1) is 0 Å². The molecule has 0 aromatic carbocycles. The van der Waals surface area contributed by atoms with Gasteiger partial charge in [-0.1, -0.05) is 5.16 Å². The zero-order valence-electron chi connectivity index (χ0n) is 16.2. The second-order valence-corrected chi connectivity index (χ2v) is 9.16. The number of nitrogens with zero attached hydrogens (tertiary/aromatic N) is 4. The van der Waals surface area contributed by atoms with Gasteiger partial charge in [-0.05, 0) is 20.3 Å². The van der Waals surface area contributed by atoms with Crippen LogP contribution >= 0.6 is 0 Å². The van der Waals surface area contributed by atoms with E-state index in [1.807, 2.05) is 0 Å². The van der Waals surface area contributed by atoms with E-state index < -0.39 is 10.0 Å². The molecule has 0 saturated carbocycles. The summed E-state index contributed by atoms with van der Waals surface area (Å²) in [5.41, 5.74) is 1.04. The summed E-state index contributed by atoms with van der Waals surface area (Å²) in [6.45, 7) is 8.47. The van der Waals surface area contributed by atoms with Crippen molar-refractivity contribution < 1.29 is 22.5 Å². The lowest BCUT2D eigenvalue weighted by molar-refractivity contribution is 0.0353. The van der Waals surface area contributed by atoms with Gasteiger partial charge in [-0.3, -0.25) is 9.69 Å². The van der Waals surface area contributed by atoms with E-state index in [0.29, 0.717) is 62.8 Å². The Hall–Kier alpha value is -1.49. The van der Waals surface area contributed by atoms with Gasteiger partial charge in [-0.2, -0.15) is 4.31 Å². The maximum absolute atomic E-state index is 12.8. The number of aryl methyl sites for hydroxylation is 2. The minimum Gasteiger partial charge on any atom is -0.379 e. The number of amides is 1. The number of morpholine rings is 1. The summed E-state index contributed by atoms with van der Waals surface area (Å²) in [7, 11) is -3.36. The second kappa shape index (κ2) is 8.26. The third-order valence-corrected chi connectivity index (χ3v) is 6.60. The van der Waals surface area contributed by atoms with Crippen LogP contribution in [0.25, 0.3) is 0 Å². The summed E-state index contributed by atoms with van der Waals surface area (Å²) in [4.78, 5) is 16.7. The lowest BCUT2D eigenvalue weighted by Crippen LogP contribution is -2.47. The van der Waals surface area contributed by atoms with E-state index in [2.05, 4.69) is 10.1 Å². The number of ether oxygens (including phenoxy) is 1. The van der Waals surface area contributed by atoms with E-state index >= 15 is 0 Å². The molecule has 0 aliphatic carbocycles. The van der Waals surface area contributed by atoms with Crippen LogP contribution in [-0.2, 0) is 14.8 Å². The van der Waals surface area contributed by atoms with Gasteiger partial charge in [0.05, 0.1) is 25.2 Å². The SMILES string of the molecule is Cc1noc(C)c1C(=O)N1CCC(N(CCN2CCOCC2)S(C)(=O)=O)C1. The van der Waals surface area contributed by atoms with E-state index in [1.165, 1.54) is 6.26 Å². The van der Waals surface area contributed by atoms with Crippen LogP contribution < -0.4 is 0 Å². The van der Waals surface area contributed by atoms with Crippen molar-refractivity contribution in [2.45, 2.75) is 26.3 Å². The predicted molar refractivity (Wildman–Crippen MR) is 99.1 cm³/mol. The average molecular weight is 401 g/mol. The quantitative estimate of drug-likeness (QED) is 0.668. The minimum atomic E-state index is -3.36. The molecule has 1 unspecified atom stereocenters. The number of aromatic nitrogens is 1. The molecule has 0 spiro atoms. The zero-order valence-corrected chi connectivity index (χ0v) is 17.0. The Morgan fingerprint density at radius 1 is 1.26 bits per heavy atom. The maximum Gasteiger partial charge on any atom is 0.259 e.